The Morgan fingerprint density at radius 3 is 1.71 bits per heavy atom. The van der Waals surface area contributed by atoms with E-state index in [0.717, 1.165) is 0 Å². The minimum absolute atomic E-state index is 0.194. The van der Waals surface area contributed by atoms with Crippen molar-refractivity contribution in [3.05, 3.63) is 48.5 Å². The highest BCUT2D eigenvalue weighted by Gasteiger charge is 2.13. The van der Waals surface area contributed by atoms with Crippen LogP contribution in [-0.2, 0) is 0 Å². The molecule has 0 unspecified atom stereocenters. The van der Waals surface area contributed by atoms with Crippen LogP contribution in [0.4, 0.5) is 11.4 Å². The fourth-order valence-corrected chi connectivity index (χ4v) is 2.57. The molecule has 88 valence electrons. The number of fused-ring (bicyclic) bond motifs is 2. The first-order chi connectivity index (χ1) is 8.35. The Hall–Kier alpha value is -0.830. The molecule has 2 aromatic carbocycles. The Morgan fingerprint density at radius 2 is 1.24 bits per heavy atom. The third kappa shape index (κ3) is 3.09. The maximum absolute atomic E-state index is 4.76. The molecule has 0 saturated heterocycles. The van der Waals surface area contributed by atoms with E-state index < -0.39 is 0 Å². The van der Waals surface area contributed by atoms with Gasteiger partial charge >= 0.3 is 0 Å². The number of para-hydroxylation sites is 2. The van der Waals surface area contributed by atoms with Gasteiger partial charge in [0.25, 0.3) is 0 Å². The summed E-state index contributed by atoms with van der Waals surface area (Å²) in [7, 11) is 0. The fourth-order valence-electron chi connectivity index (χ4n) is 1.58. The number of nitrogens with one attached hydrogen (secondary N) is 1. The first-order valence-electron chi connectivity index (χ1n) is 5.10. The highest BCUT2D eigenvalue weighted by Crippen LogP contribution is 2.43. The second kappa shape index (κ2) is 6.20. The summed E-state index contributed by atoms with van der Waals surface area (Å²) in [4.78, 5) is 2.59. The van der Waals surface area contributed by atoms with Crippen molar-refractivity contribution in [2.75, 3.05) is 10.7 Å². The van der Waals surface area contributed by atoms with Gasteiger partial charge in [-0.15, -0.1) is 23.2 Å². The van der Waals surface area contributed by atoms with Crippen molar-refractivity contribution in [1.82, 2.24) is 0 Å². The average Bonchev–Trinajstić information content (AvgIpc) is 2.37. The lowest BCUT2D eigenvalue weighted by Crippen LogP contribution is -1.98. The van der Waals surface area contributed by atoms with E-state index in [4.69, 9.17) is 23.2 Å². The normalized spacial score (nSPS) is 11.4. The highest BCUT2D eigenvalue weighted by atomic mass is 35.5. The van der Waals surface area contributed by atoms with Crippen LogP contribution in [0.3, 0.4) is 0 Å². The largest absolute Gasteiger partial charge is 0.354 e. The van der Waals surface area contributed by atoms with Crippen LogP contribution in [0.25, 0.3) is 0 Å². The molecule has 1 aliphatic rings. The first-order valence-corrected chi connectivity index (χ1v) is 6.98. The molecule has 0 fully saturated rings. The molecule has 4 heteroatoms. The number of hydrogen-bond donors (Lipinski definition) is 1. The van der Waals surface area contributed by atoms with Crippen LogP contribution in [0, 0.1) is 0 Å². The summed E-state index contributed by atoms with van der Waals surface area (Å²) in [5, 5.41) is 3.61. The second-order valence-electron chi connectivity index (χ2n) is 3.32. The zero-order valence-electron chi connectivity index (χ0n) is 8.99. The van der Waals surface area contributed by atoms with Crippen molar-refractivity contribution in [2.45, 2.75) is 9.79 Å². The zero-order valence-corrected chi connectivity index (χ0v) is 11.3. The molecule has 0 saturated carbocycles. The number of alkyl halides is 2. The van der Waals surface area contributed by atoms with E-state index in [1.165, 1.54) is 21.2 Å². The zero-order chi connectivity index (χ0) is 12.1. The Morgan fingerprint density at radius 1 is 0.824 bits per heavy atom. The third-order valence-electron chi connectivity index (χ3n) is 2.26. The van der Waals surface area contributed by atoms with Gasteiger partial charge in [-0.3, -0.25) is 0 Å². The topological polar surface area (TPSA) is 12.0 Å². The predicted molar refractivity (Wildman–Crippen MR) is 76.9 cm³/mol. The van der Waals surface area contributed by atoms with Crippen molar-refractivity contribution < 1.29 is 0 Å². The molecular weight excluding hydrogens is 273 g/mol. The Labute approximate surface area is 115 Å². The van der Waals surface area contributed by atoms with Gasteiger partial charge in [0.1, 0.15) is 0 Å². The molecular formula is C13H11Cl2NS. The van der Waals surface area contributed by atoms with Crippen molar-refractivity contribution in [3.8, 4) is 0 Å². The van der Waals surface area contributed by atoms with Crippen LogP contribution < -0.4 is 5.32 Å². The maximum Gasteiger partial charge on any atom is 0.0967 e. The fraction of sp³-hybridized carbons (Fsp3) is 0.0769. The molecule has 1 aliphatic heterocycles. The molecule has 0 spiro atoms. The molecule has 0 bridgehead atoms. The van der Waals surface area contributed by atoms with Gasteiger partial charge in [0.05, 0.1) is 16.7 Å². The summed E-state index contributed by atoms with van der Waals surface area (Å²) in [6, 6.07) is 16.8. The summed E-state index contributed by atoms with van der Waals surface area (Å²) >= 11 is 11.3. The highest BCUT2D eigenvalue weighted by molar-refractivity contribution is 7.99. The summed E-state index contributed by atoms with van der Waals surface area (Å²) < 4.78 is 0. The molecule has 1 nitrogen and oxygen atoms in total. The lowest BCUT2D eigenvalue weighted by atomic mass is 10.2. The smallest absolute Gasteiger partial charge is 0.0967 e. The van der Waals surface area contributed by atoms with Gasteiger partial charge in [-0.2, -0.15) is 0 Å². The monoisotopic (exact) mass is 283 g/mol. The number of rotatable bonds is 0. The van der Waals surface area contributed by atoms with Crippen LogP contribution in [0.5, 0.6) is 0 Å². The molecule has 0 aliphatic carbocycles. The summed E-state index contributed by atoms with van der Waals surface area (Å²) in [6.07, 6.45) is 0. The number of benzene rings is 2. The Bertz CT molecular complexity index is 415. The van der Waals surface area contributed by atoms with Crippen molar-refractivity contribution in [2.24, 2.45) is 0 Å². The lowest BCUT2D eigenvalue weighted by molar-refractivity contribution is 1.32. The minimum atomic E-state index is 0.194. The Kier molecular flexibility index (Phi) is 4.60. The quantitative estimate of drug-likeness (QED) is 0.561. The molecule has 0 atom stereocenters. The van der Waals surface area contributed by atoms with Crippen LogP contribution in [0.15, 0.2) is 58.3 Å². The SMILES string of the molecule is ClCCl.c1ccc2c(c1)Nc1ccccc1S2. The molecule has 0 amide bonds. The van der Waals surface area contributed by atoms with E-state index in [2.05, 4.69) is 53.8 Å². The van der Waals surface area contributed by atoms with E-state index in [9.17, 15) is 0 Å². The van der Waals surface area contributed by atoms with Crippen LogP contribution in [0.2, 0.25) is 0 Å². The van der Waals surface area contributed by atoms with E-state index in [1.807, 2.05) is 11.8 Å². The molecule has 0 aromatic heterocycles. The third-order valence-corrected chi connectivity index (χ3v) is 3.42. The standard InChI is InChI=1S/C12H9NS.CH2Cl2/c1-3-7-11-9(5-1)13-10-6-2-4-8-12(10)14-11;2-1-3/h1-8,13H;1H2. The molecule has 2 aromatic rings. The molecule has 17 heavy (non-hydrogen) atoms. The van der Waals surface area contributed by atoms with Gasteiger partial charge in [0, 0.05) is 9.79 Å². The Balaban J connectivity index is 0.000000329. The van der Waals surface area contributed by atoms with Crippen LogP contribution in [-0.4, -0.2) is 5.34 Å². The van der Waals surface area contributed by atoms with Crippen LogP contribution in [0.1, 0.15) is 0 Å². The van der Waals surface area contributed by atoms with Gasteiger partial charge in [-0.25, -0.2) is 0 Å². The van der Waals surface area contributed by atoms with Gasteiger partial charge in [-0.1, -0.05) is 36.0 Å². The van der Waals surface area contributed by atoms with E-state index in [0.29, 0.717) is 0 Å². The molecule has 1 N–H and O–H groups in total. The van der Waals surface area contributed by atoms with Crippen molar-refractivity contribution >= 4 is 46.3 Å². The average molecular weight is 284 g/mol. The molecule has 3 rings (SSSR count). The van der Waals surface area contributed by atoms with Crippen molar-refractivity contribution in [3.63, 3.8) is 0 Å². The molecule has 1 heterocycles. The van der Waals surface area contributed by atoms with Gasteiger partial charge in [-0.05, 0) is 24.3 Å². The minimum Gasteiger partial charge on any atom is -0.354 e. The number of hydrogen-bond acceptors (Lipinski definition) is 2. The number of anilines is 2. The van der Waals surface area contributed by atoms with Gasteiger partial charge in [0.2, 0.25) is 0 Å². The summed E-state index contributed by atoms with van der Waals surface area (Å²) in [5.74, 6) is 0. The lowest BCUT2D eigenvalue weighted by Gasteiger charge is -2.19. The molecule has 0 radical (unpaired) electrons. The van der Waals surface area contributed by atoms with Crippen LogP contribution >= 0.6 is 35.0 Å². The summed E-state index contributed by atoms with van der Waals surface area (Å²) in [6.45, 7) is 0. The van der Waals surface area contributed by atoms with Crippen molar-refractivity contribution in [1.29, 1.82) is 0 Å². The number of halogens is 2. The van der Waals surface area contributed by atoms with E-state index in [-0.39, 0.29) is 5.34 Å². The summed E-state index contributed by atoms with van der Waals surface area (Å²) in [5.41, 5.74) is 2.41. The predicted octanol–water partition coefficient (Wildman–Crippen LogP) is 5.32. The van der Waals surface area contributed by atoms with E-state index >= 15 is 0 Å². The van der Waals surface area contributed by atoms with Gasteiger partial charge < -0.3 is 5.32 Å². The maximum atomic E-state index is 4.76. The first kappa shape index (κ1) is 12.6. The van der Waals surface area contributed by atoms with Gasteiger partial charge in [0.15, 0.2) is 0 Å². The van der Waals surface area contributed by atoms with E-state index in [1.54, 1.807) is 0 Å². The second-order valence-corrected chi connectivity index (χ2v) is 5.21.